The van der Waals surface area contributed by atoms with Gasteiger partial charge in [-0.3, -0.25) is 9.48 Å². The fourth-order valence-electron chi connectivity index (χ4n) is 2.28. The summed E-state index contributed by atoms with van der Waals surface area (Å²) in [4.78, 5) is 12.3. The molecule has 0 spiro atoms. The number of aryl methyl sites for hydroxylation is 2. The number of halogens is 1. The number of hydrogen-bond acceptors (Lipinski definition) is 3. The van der Waals surface area contributed by atoms with E-state index < -0.39 is 5.82 Å². The number of ether oxygens (including phenoxy) is 1. The quantitative estimate of drug-likeness (QED) is 0.783. The van der Waals surface area contributed by atoms with E-state index in [1.807, 2.05) is 26.8 Å². The Hall–Kier alpha value is -2.63. The van der Waals surface area contributed by atoms with Gasteiger partial charge in [0.25, 0.3) is 5.91 Å². The first kappa shape index (κ1) is 18.7. The van der Waals surface area contributed by atoms with Gasteiger partial charge >= 0.3 is 0 Å². The van der Waals surface area contributed by atoms with Crippen LogP contribution in [0, 0.1) is 5.82 Å². The van der Waals surface area contributed by atoms with Crippen LogP contribution < -0.4 is 10.1 Å². The Morgan fingerprint density at radius 1 is 1.40 bits per heavy atom. The topological polar surface area (TPSA) is 56.1 Å². The van der Waals surface area contributed by atoms with E-state index in [0.717, 1.165) is 17.7 Å². The lowest BCUT2D eigenvalue weighted by Gasteiger charge is -2.10. The van der Waals surface area contributed by atoms with Gasteiger partial charge < -0.3 is 10.1 Å². The zero-order valence-corrected chi connectivity index (χ0v) is 15.1. The van der Waals surface area contributed by atoms with E-state index in [-0.39, 0.29) is 18.2 Å². The van der Waals surface area contributed by atoms with Crippen molar-refractivity contribution in [1.29, 1.82) is 0 Å². The predicted octanol–water partition coefficient (Wildman–Crippen LogP) is 3.40. The summed E-state index contributed by atoms with van der Waals surface area (Å²) in [6, 6.07) is 6.66. The van der Waals surface area contributed by atoms with E-state index in [1.165, 1.54) is 4.68 Å². The maximum Gasteiger partial charge on any atom is 0.269 e. The molecule has 0 unspecified atom stereocenters. The van der Waals surface area contributed by atoms with E-state index >= 15 is 0 Å². The van der Waals surface area contributed by atoms with Crippen molar-refractivity contribution in [2.45, 2.75) is 33.7 Å². The SMILES string of the molecule is CCc1cc(C(=O)NCc2cccc(OCC=C(C)C)c2F)n(C)n1. The van der Waals surface area contributed by atoms with Crippen molar-refractivity contribution in [3.05, 3.63) is 58.7 Å². The lowest BCUT2D eigenvalue weighted by atomic mass is 10.2. The normalized spacial score (nSPS) is 10.4. The Labute approximate surface area is 147 Å². The average Bonchev–Trinajstić information content (AvgIpc) is 2.96. The largest absolute Gasteiger partial charge is 0.486 e. The monoisotopic (exact) mass is 345 g/mol. The standard InChI is InChI=1S/C19H24FN3O2/c1-5-15-11-16(23(4)22-15)19(24)21-12-14-7-6-8-17(18(14)20)25-10-9-13(2)3/h6-9,11H,5,10,12H2,1-4H3,(H,21,24). The Morgan fingerprint density at radius 3 is 2.80 bits per heavy atom. The maximum atomic E-state index is 14.5. The van der Waals surface area contributed by atoms with Gasteiger partial charge in [0, 0.05) is 19.2 Å². The molecule has 1 heterocycles. The number of carbonyl (C=O) groups is 1. The Bertz CT molecular complexity index is 777. The molecule has 0 radical (unpaired) electrons. The highest BCUT2D eigenvalue weighted by Gasteiger charge is 2.14. The molecule has 25 heavy (non-hydrogen) atoms. The van der Waals surface area contributed by atoms with Gasteiger partial charge in [-0.15, -0.1) is 0 Å². The van der Waals surface area contributed by atoms with Crippen LogP contribution in [0.4, 0.5) is 4.39 Å². The van der Waals surface area contributed by atoms with E-state index in [2.05, 4.69) is 10.4 Å². The van der Waals surface area contributed by atoms with Gasteiger partial charge in [-0.1, -0.05) is 24.6 Å². The lowest BCUT2D eigenvalue weighted by Crippen LogP contribution is -2.25. The number of nitrogens with one attached hydrogen (secondary N) is 1. The molecule has 1 N–H and O–H groups in total. The van der Waals surface area contributed by atoms with E-state index in [4.69, 9.17) is 4.74 Å². The average molecular weight is 345 g/mol. The minimum absolute atomic E-state index is 0.0805. The van der Waals surface area contributed by atoms with Crippen LogP contribution in [0.3, 0.4) is 0 Å². The molecule has 0 aliphatic heterocycles. The van der Waals surface area contributed by atoms with Crippen molar-refractivity contribution in [2.75, 3.05) is 6.61 Å². The summed E-state index contributed by atoms with van der Waals surface area (Å²) in [6.07, 6.45) is 2.63. The van der Waals surface area contributed by atoms with Gasteiger partial charge in [-0.25, -0.2) is 4.39 Å². The van der Waals surface area contributed by atoms with Crippen LogP contribution in [-0.4, -0.2) is 22.3 Å². The van der Waals surface area contributed by atoms with Crippen LogP contribution >= 0.6 is 0 Å². The number of aromatic nitrogens is 2. The molecular weight excluding hydrogens is 321 g/mol. The van der Waals surface area contributed by atoms with Crippen molar-refractivity contribution in [3.63, 3.8) is 0 Å². The van der Waals surface area contributed by atoms with Crippen molar-refractivity contribution in [1.82, 2.24) is 15.1 Å². The lowest BCUT2D eigenvalue weighted by molar-refractivity contribution is 0.0941. The molecule has 0 bridgehead atoms. The molecule has 1 aromatic heterocycles. The molecular formula is C19H24FN3O2. The fourth-order valence-corrected chi connectivity index (χ4v) is 2.28. The Morgan fingerprint density at radius 2 is 2.16 bits per heavy atom. The first-order valence-corrected chi connectivity index (χ1v) is 8.27. The van der Waals surface area contributed by atoms with E-state index in [1.54, 1.807) is 31.3 Å². The second-order valence-corrected chi connectivity index (χ2v) is 6.00. The molecule has 134 valence electrons. The molecule has 0 atom stereocenters. The third kappa shape index (κ3) is 4.92. The number of nitrogens with zero attached hydrogens (tertiary/aromatic N) is 2. The van der Waals surface area contributed by atoms with Gasteiger partial charge in [-0.05, 0) is 38.5 Å². The van der Waals surface area contributed by atoms with Crippen molar-refractivity contribution in [2.24, 2.45) is 7.05 Å². The minimum Gasteiger partial charge on any atom is -0.486 e. The number of carbonyl (C=O) groups excluding carboxylic acids is 1. The molecule has 0 aliphatic rings. The molecule has 5 nitrogen and oxygen atoms in total. The van der Waals surface area contributed by atoms with Crippen LogP contribution in [-0.2, 0) is 20.0 Å². The highest BCUT2D eigenvalue weighted by Crippen LogP contribution is 2.20. The van der Waals surface area contributed by atoms with Crippen LogP contribution in [0.2, 0.25) is 0 Å². The summed E-state index contributed by atoms with van der Waals surface area (Å²) in [5.41, 5.74) is 2.77. The first-order valence-electron chi connectivity index (χ1n) is 8.27. The van der Waals surface area contributed by atoms with Crippen LogP contribution in [0.25, 0.3) is 0 Å². The molecule has 1 amide bonds. The molecule has 6 heteroatoms. The number of allylic oxidation sites excluding steroid dienone is 1. The molecule has 0 saturated heterocycles. The minimum atomic E-state index is -0.454. The van der Waals surface area contributed by atoms with E-state index in [9.17, 15) is 9.18 Å². The fraction of sp³-hybridized carbons (Fsp3) is 0.368. The van der Waals surface area contributed by atoms with Gasteiger partial charge in [-0.2, -0.15) is 5.10 Å². The third-order valence-corrected chi connectivity index (χ3v) is 3.74. The highest BCUT2D eigenvalue weighted by molar-refractivity contribution is 5.92. The van der Waals surface area contributed by atoms with Crippen molar-refractivity contribution in [3.8, 4) is 5.75 Å². The molecule has 0 aliphatic carbocycles. The first-order chi connectivity index (χ1) is 11.9. The van der Waals surface area contributed by atoms with Crippen LogP contribution in [0.15, 0.2) is 35.9 Å². The van der Waals surface area contributed by atoms with Gasteiger partial charge in [0.1, 0.15) is 12.3 Å². The summed E-state index contributed by atoms with van der Waals surface area (Å²) >= 11 is 0. The number of amides is 1. The Kier molecular flexibility index (Phi) is 6.33. The number of rotatable bonds is 7. The molecule has 0 saturated carbocycles. The predicted molar refractivity (Wildman–Crippen MR) is 95.1 cm³/mol. The maximum absolute atomic E-state index is 14.5. The smallest absolute Gasteiger partial charge is 0.269 e. The van der Waals surface area contributed by atoms with Crippen LogP contribution in [0.5, 0.6) is 5.75 Å². The zero-order valence-electron chi connectivity index (χ0n) is 15.1. The second kappa shape index (κ2) is 8.46. The Balaban J connectivity index is 2.03. The highest BCUT2D eigenvalue weighted by atomic mass is 19.1. The summed E-state index contributed by atoms with van der Waals surface area (Å²) in [5, 5.41) is 6.97. The second-order valence-electron chi connectivity index (χ2n) is 6.00. The van der Waals surface area contributed by atoms with Crippen molar-refractivity contribution >= 4 is 5.91 Å². The summed E-state index contributed by atoms with van der Waals surface area (Å²) in [7, 11) is 1.71. The summed E-state index contributed by atoms with van der Waals surface area (Å²) in [6.45, 7) is 6.27. The number of benzene rings is 1. The third-order valence-electron chi connectivity index (χ3n) is 3.74. The molecule has 2 aromatic rings. The molecule has 2 rings (SSSR count). The molecule has 1 aromatic carbocycles. The van der Waals surface area contributed by atoms with Gasteiger partial charge in [0.2, 0.25) is 0 Å². The zero-order chi connectivity index (χ0) is 18.4. The van der Waals surface area contributed by atoms with Crippen LogP contribution in [0.1, 0.15) is 42.5 Å². The summed E-state index contributed by atoms with van der Waals surface area (Å²) in [5.74, 6) is -0.563. The van der Waals surface area contributed by atoms with E-state index in [0.29, 0.717) is 17.9 Å². The van der Waals surface area contributed by atoms with Gasteiger partial charge in [0.05, 0.1) is 5.69 Å². The van der Waals surface area contributed by atoms with Crippen molar-refractivity contribution < 1.29 is 13.9 Å². The summed E-state index contributed by atoms with van der Waals surface area (Å²) < 4.78 is 21.4. The van der Waals surface area contributed by atoms with Gasteiger partial charge in [0.15, 0.2) is 11.6 Å². The number of hydrogen-bond donors (Lipinski definition) is 1. The molecule has 0 fully saturated rings.